The number of oxazole rings is 1. The maximum Gasteiger partial charge on any atom is 0.546 e. The molecule has 0 N–H and O–H groups in total. The van der Waals surface area contributed by atoms with Crippen LogP contribution in [0.15, 0.2) is 22.6 Å². The van der Waals surface area contributed by atoms with Crippen LogP contribution in [0.4, 0.5) is 6.01 Å². The lowest BCUT2D eigenvalue weighted by molar-refractivity contribution is -0.406. The first-order valence-corrected chi connectivity index (χ1v) is 3.76. The summed E-state index contributed by atoms with van der Waals surface area (Å²) in [4.78, 5) is 13.2. The summed E-state index contributed by atoms with van der Waals surface area (Å²) in [5.74, 6) is 0. The van der Waals surface area contributed by atoms with Crippen LogP contribution in [0.3, 0.4) is 0 Å². The zero-order chi connectivity index (χ0) is 9.42. The third-order valence-electron chi connectivity index (χ3n) is 1.51. The summed E-state index contributed by atoms with van der Waals surface area (Å²) in [6.45, 7) is 0. The maximum atomic E-state index is 10.3. The molecule has 0 bridgehead atoms. The molecule has 1 aromatic carbocycles. The number of hydrogen-bond donors (Lipinski definition) is 0. The Kier molecular flexibility index (Phi) is 1.66. The van der Waals surface area contributed by atoms with Gasteiger partial charge in [0, 0.05) is 9.91 Å². The van der Waals surface area contributed by atoms with Crippen molar-refractivity contribution in [1.29, 1.82) is 0 Å². The molecule has 0 atom stereocenters. The molecule has 2 rings (SSSR count). The molecule has 1 heterocycles. The predicted octanol–water partition coefficient (Wildman–Crippen LogP) is 2.39. The summed E-state index contributed by atoms with van der Waals surface area (Å²) in [7, 11) is 0. The Morgan fingerprint density at radius 3 is 2.92 bits per heavy atom. The molecular weight excluding hydrogens is 196 g/mol. The van der Waals surface area contributed by atoms with Crippen LogP contribution >= 0.6 is 11.6 Å². The van der Waals surface area contributed by atoms with Crippen molar-refractivity contribution in [1.82, 2.24) is 4.98 Å². The summed E-state index contributed by atoms with van der Waals surface area (Å²) in [6, 6.07) is 4.26. The number of aromatic nitrogens is 1. The third kappa shape index (κ3) is 1.23. The largest absolute Gasteiger partial charge is 0.546 e. The average Bonchev–Trinajstić information content (AvgIpc) is 2.49. The van der Waals surface area contributed by atoms with Gasteiger partial charge in [-0.15, -0.1) is 0 Å². The molecule has 0 spiro atoms. The Labute approximate surface area is 77.1 Å². The zero-order valence-corrected chi connectivity index (χ0v) is 6.99. The predicted molar refractivity (Wildman–Crippen MR) is 45.7 cm³/mol. The number of hydrogen-bond acceptors (Lipinski definition) is 4. The minimum absolute atomic E-state index is 0.316. The number of nitro groups is 1. The molecule has 0 fully saturated rings. The van der Waals surface area contributed by atoms with Crippen molar-refractivity contribution in [3.63, 3.8) is 0 Å². The Morgan fingerprint density at radius 1 is 1.54 bits per heavy atom. The van der Waals surface area contributed by atoms with Gasteiger partial charge in [-0.2, -0.15) is 0 Å². The van der Waals surface area contributed by atoms with Gasteiger partial charge in [0.1, 0.15) is 0 Å². The van der Waals surface area contributed by atoms with Crippen LogP contribution in [0, 0.1) is 10.1 Å². The second kappa shape index (κ2) is 2.70. The number of rotatable bonds is 1. The van der Waals surface area contributed by atoms with E-state index in [1.54, 1.807) is 18.2 Å². The van der Waals surface area contributed by atoms with Gasteiger partial charge in [0.2, 0.25) is 5.52 Å². The lowest BCUT2D eigenvalue weighted by Crippen LogP contribution is -1.85. The van der Waals surface area contributed by atoms with Gasteiger partial charge in [-0.05, 0) is 12.1 Å². The Bertz CT molecular complexity index is 480. The van der Waals surface area contributed by atoms with Gasteiger partial charge >= 0.3 is 6.01 Å². The van der Waals surface area contributed by atoms with Crippen molar-refractivity contribution >= 4 is 28.7 Å². The highest BCUT2D eigenvalue weighted by atomic mass is 35.5. The van der Waals surface area contributed by atoms with Crippen LogP contribution in [-0.4, -0.2) is 9.91 Å². The fraction of sp³-hybridized carbons (Fsp3) is 0. The molecule has 0 unspecified atom stereocenters. The summed E-state index contributed by atoms with van der Waals surface area (Å²) < 4.78 is 4.82. The van der Waals surface area contributed by atoms with E-state index in [9.17, 15) is 10.1 Å². The second-order valence-corrected chi connectivity index (χ2v) is 2.75. The van der Waals surface area contributed by atoms with E-state index in [0.29, 0.717) is 16.1 Å². The standard InChI is InChI=1S/C7H3ClN2O3/c8-4-2-1-3-5-6(4)9-7(13-5)10(11)12/h1-3H. The van der Waals surface area contributed by atoms with Crippen molar-refractivity contribution in [3.05, 3.63) is 33.3 Å². The summed E-state index contributed by atoms with van der Waals surface area (Å²) in [5, 5.41) is 10.6. The Morgan fingerprint density at radius 2 is 2.31 bits per heavy atom. The maximum absolute atomic E-state index is 10.3. The molecule has 0 aliphatic heterocycles. The molecule has 13 heavy (non-hydrogen) atoms. The lowest BCUT2D eigenvalue weighted by atomic mass is 10.3. The van der Waals surface area contributed by atoms with Gasteiger partial charge in [-0.3, -0.25) is 0 Å². The van der Waals surface area contributed by atoms with Crippen LogP contribution in [0.25, 0.3) is 11.1 Å². The number of fused-ring (bicyclic) bond motifs is 1. The highest BCUT2D eigenvalue weighted by Crippen LogP contribution is 2.26. The van der Waals surface area contributed by atoms with Crippen molar-refractivity contribution < 1.29 is 9.34 Å². The first kappa shape index (κ1) is 8.00. The fourth-order valence-corrected chi connectivity index (χ4v) is 1.19. The highest BCUT2D eigenvalue weighted by Gasteiger charge is 2.19. The molecule has 0 saturated heterocycles. The molecule has 66 valence electrons. The Hall–Kier alpha value is -1.62. The summed E-state index contributed by atoms with van der Waals surface area (Å²) in [5.41, 5.74) is 0.634. The van der Waals surface area contributed by atoms with Gasteiger partial charge in [0.25, 0.3) is 0 Å². The van der Waals surface area contributed by atoms with E-state index < -0.39 is 10.9 Å². The second-order valence-electron chi connectivity index (χ2n) is 2.34. The normalized spacial score (nSPS) is 10.5. The molecule has 2 aromatic rings. The minimum atomic E-state index is -0.698. The summed E-state index contributed by atoms with van der Waals surface area (Å²) in [6.07, 6.45) is 0. The first-order chi connectivity index (χ1) is 6.18. The number of nitrogens with zero attached hydrogens (tertiary/aromatic N) is 2. The van der Waals surface area contributed by atoms with Crippen LogP contribution in [0.5, 0.6) is 0 Å². The lowest BCUT2D eigenvalue weighted by Gasteiger charge is -1.82. The SMILES string of the molecule is O=[N+]([O-])c1nc2c(Cl)cccc2o1. The van der Waals surface area contributed by atoms with Gasteiger partial charge in [0.15, 0.2) is 5.58 Å². The number of halogens is 1. The van der Waals surface area contributed by atoms with E-state index in [4.69, 9.17) is 16.0 Å². The monoisotopic (exact) mass is 198 g/mol. The molecule has 0 aliphatic rings. The molecule has 5 nitrogen and oxygen atoms in total. The van der Waals surface area contributed by atoms with Gasteiger partial charge in [-0.25, -0.2) is 0 Å². The van der Waals surface area contributed by atoms with Crippen molar-refractivity contribution in [3.8, 4) is 0 Å². The zero-order valence-electron chi connectivity index (χ0n) is 6.23. The van der Waals surface area contributed by atoms with Crippen molar-refractivity contribution in [2.45, 2.75) is 0 Å². The van der Waals surface area contributed by atoms with Crippen molar-refractivity contribution in [2.75, 3.05) is 0 Å². The minimum Gasteiger partial charge on any atom is -0.381 e. The van der Waals surface area contributed by atoms with Gasteiger partial charge < -0.3 is 14.5 Å². The Balaban J connectivity index is 2.75. The van der Waals surface area contributed by atoms with E-state index in [-0.39, 0.29) is 0 Å². The van der Waals surface area contributed by atoms with Gasteiger partial charge in [-0.1, -0.05) is 17.7 Å². The van der Waals surface area contributed by atoms with Crippen LogP contribution in [0.2, 0.25) is 5.02 Å². The molecule has 1 aromatic heterocycles. The highest BCUT2D eigenvalue weighted by molar-refractivity contribution is 6.34. The molecule has 0 radical (unpaired) electrons. The molecular formula is C7H3ClN2O3. The summed E-state index contributed by atoms with van der Waals surface area (Å²) >= 11 is 5.73. The smallest absolute Gasteiger partial charge is 0.381 e. The third-order valence-corrected chi connectivity index (χ3v) is 1.82. The van der Waals surface area contributed by atoms with E-state index in [1.165, 1.54) is 0 Å². The average molecular weight is 199 g/mol. The molecule has 0 amide bonds. The van der Waals surface area contributed by atoms with Gasteiger partial charge in [0.05, 0.1) is 5.02 Å². The topological polar surface area (TPSA) is 69.2 Å². The van der Waals surface area contributed by atoms with E-state index in [2.05, 4.69) is 4.98 Å². The first-order valence-electron chi connectivity index (χ1n) is 3.38. The number of para-hydroxylation sites is 1. The molecule has 0 saturated carbocycles. The fourth-order valence-electron chi connectivity index (χ4n) is 0.981. The van der Waals surface area contributed by atoms with E-state index in [0.717, 1.165) is 0 Å². The van der Waals surface area contributed by atoms with Crippen LogP contribution < -0.4 is 0 Å². The van der Waals surface area contributed by atoms with Crippen molar-refractivity contribution in [2.24, 2.45) is 0 Å². The molecule has 0 aliphatic carbocycles. The number of benzene rings is 1. The molecule has 6 heteroatoms. The van der Waals surface area contributed by atoms with Crippen LogP contribution in [-0.2, 0) is 0 Å². The van der Waals surface area contributed by atoms with E-state index in [1.807, 2.05) is 0 Å². The van der Waals surface area contributed by atoms with Crippen LogP contribution in [0.1, 0.15) is 0 Å². The quantitative estimate of drug-likeness (QED) is 0.521. The van der Waals surface area contributed by atoms with E-state index >= 15 is 0 Å².